The second-order valence-corrected chi connectivity index (χ2v) is 7.59. The molecule has 1 amide bonds. The average Bonchev–Trinajstić information content (AvgIpc) is 2.54. The quantitative estimate of drug-likeness (QED) is 0.687. The van der Waals surface area contributed by atoms with Crippen LogP contribution in [0.15, 0.2) is 53.1 Å². The highest BCUT2D eigenvalue weighted by Gasteiger charge is 2.24. The molecule has 3 nitrogen and oxygen atoms in total. The zero-order valence-corrected chi connectivity index (χ0v) is 16.2. The Morgan fingerprint density at radius 3 is 2.62 bits per heavy atom. The van der Waals surface area contributed by atoms with Crippen molar-refractivity contribution < 1.29 is 4.79 Å². The molecular weight excluding hydrogens is 364 g/mol. The van der Waals surface area contributed by atoms with Gasteiger partial charge in [-0.2, -0.15) is 0 Å². The van der Waals surface area contributed by atoms with Crippen LogP contribution in [0.1, 0.15) is 31.5 Å². The van der Waals surface area contributed by atoms with Crippen LogP contribution in [0.3, 0.4) is 0 Å². The van der Waals surface area contributed by atoms with E-state index in [1.165, 1.54) is 5.56 Å². The number of halogens is 1. The van der Waals surface area contributed by atoms with Crippen LogP contribution in [-0.4, -0.2) is 22.8 Å². The predicted molar refractivity (Wildman–Crippen MR) is 102 cm³/mol. The number of pyridine rings is 1. The van der Waals surface area contributed by atoms with Crippen molar-refractivity contribution in [2.45, 2.75) is 33.2 Å². The van der Waals surface area contributed by atoms with Gasteiger partial charge in [0.1, 0.15) is 0 Å². The van der Waals surface area contributed by atoms with Gasteiger partial charge in [0.2, 0.25) is 5.91 Å². The molecule has 0 saturated carbocycles. The van der Waals surface area contributed by atoms with E-state index in [2.05, 4.69) is 46.9 Å². The van der Waals surface area contributed by atoms with Crippen LogP contribution in [0.2, 0.25) is 0 Å². The van der Waals surface area contributed by atoms with Gasteiger partial charge in [0.05, 0.1) is 12.2 Å². The molecule has 1 unspecified atom stereocenters. The van der Waals surface area contributed by atoms with Gasteiger partial charge in [-0.05, 0) is 48.6 Å². The van der Waals surface area contributed by atoms with Crippen molar-refractivity contribution in [1.82, 2.24) is 9.88 Å². The molecule has 1 aromatic carbocycles. The number of rotatable bonds is 7. The normalized spacial score (nSPS) is 12.2. The first-order valence-electron chi connectivity index (χ1n) is 8.35. The minimum Gasteiger partial charge on any atom is -0.340 e. The maximum atomic E-state index is 13.0. The van der Waals surface area contributed by atoms with Crippen molar-refractivity contribution in [2.75, 3.05) is 7.05 Å². The number of amides is 1. The standard InChI is InChI=1S/C20H25BrN2O/c1-15(2)11-17(12-16-7-6-8-18(21)13-16)20(24)23(3)14-19-9-4-5-10-22-19/h4-10,13,15,17H,11-12,14H2,1-3H3. The third kappa shape index (κ3) is 5.75. The van der Waals surface area contributed by atoms with Crippen molar-refractivity contribution in [3.05, 3.63) is 64.4 Å². The maximum Gasteiger partial charge on any atom is 0.226 e. The average molecular weight is 389 g/mol. The Hall–Kier alpha value is -1.68. The van der Waals surface area contributed by atoms with Crippen LogP contribution in [0.25, 0.3) is 0 Å². The fraction of sp³-hybridized carbons (Fsp3) is 0.400. The van der Waals surface area contributed by atoms with Gasteiger partial charge < -0.3 is 4.90 Å². The molecule has 0 aliphatic carbocycles. The molecule has 1 heterocycles. The van der Waals surface area contributed by atoms with E-state index in [1.807, 2.05) is 37.4 Å². The van der Waals surface area contributed by atoms with Crippen molar-refractivity contribution >= 4 is 21.8 Å². The van der Waals surface area contributed by atoms with Crippen LogP contribution in [0.4, 0.5) is 0 Å². The molecule has 4 heteroatoms. The Bertz CT molecular complexity index is 658. The monoisotopic (exact) mass is 388 g/mol. The van der Waals surface area contributed by atoms with E-state index in [0.29, 0.717) is 12.5 Å². The summed E-state index contributed by atoms with van der Waals surface area (Å²) in [6.45, 7) is 4.88. The zero-order valence-electron chi connectivity index (χ0n) is 14.6. The Labute approximate surface area is 153 Å². The minimum absolute atomic E-state index is 0.00647. The van der Waals surface area contributed by atoms with E-state index < -0.39 is 0 Å². The largest absolute Gasteiger partial charge is 0.340 e. The van der Waals surface area contributed by atoms with E-state index in [4.69, 9.17) is 0 Å². The van der Waals surface area contributed by atoms with E-state index >= 15 is 0 Å². The molecule has 0 N–H and O–H groups in total. The summed E-state index contributed by atoms with van der Waals surface area (Å²) in [6.07, 6.45) is 3.42. The molecule has 0 aliphatic heterocycles. The lowest BCUT2D eigenvalue weighted by atomic mass is 9.90. The molecule has 128 valence electrons. The number of carbonyl (C=O) groups is 1. The molecule has 24 heavy (non-hydrogen) atoms. The Morgan fingerprint density at radius 2 is 2.00 bits per heavy atom. The van der Waals surface area contributed by atoms with E-state index in [-0.39, 0.29) is 11.8 Å². The second kappa shape index (κ2) is 8.97. The Balaban J connectivity index is 2.09. The van der Waals surface area contributed by atoms with Gasteiger partial charge >= 0.3 is 0 Å². The van der Waals surface area contributed by atoms with Gasteiger partial charge in [0.25, 0.3) is 0 Å². The summed E-state index contributed by atoms with van der Waals surface area (Å²) in [4.78, 5) is 19.1. The molecule has 1 aromatic heterocycles. The zero-order chi connectivity index (χ0) is 17.5. The first kappa shape index (κ1) is 18.7. The Morgan fingerprint density at radius 1 is 1.21 bits per heavy atom. The van der Waals surface area contributed by atoms with Gasteiger partial charge in [0.15, 0.2) is 0 Å². The van der Waals surface area contributed by atoms with Gasteiger partial charge in [0, 0.05) is 23.6 Å². The van der Waals surface area contributed by atoms with Crippen LogP contribution < -0.4 is 0 Å². The summed E-state index contributed by atoms with van der Waals surface area (Å²) in [5.41, 5.74) is 2.11. The summed E-state index contributed by atoms with van der Waals surface area (Å²) in [6, 6.07) is 14.0. The smallest absolute Gasteiger partial charge is 0.226 e. The first-order valence-corrected chi connectivity index (χ1v) is 9.14. The lowest BCUT2D eigenvalue weighted by Crippen LogP contribution is -2.34. The third-order valence-electron chi connectivity index (χ3n) is 3.98. The Kier molecular flexibility index (Phi) is 6.98. The molecule has 0 aliphatic rings. The van der Waals surface area contributed by atoms with Crippen LogP contribution in [-0.2, 0) is 17.8 Å². The summed E-state index contributed by atoms with van der Waals surface area (Å²) in [7, 11) is 1.87. The highest BCUT2D eigenvalue weighted by Crippen LogP contribution is 2.22. The number of carbonyl (C=O) groups excluding carboxylic acids is 1. The number of aromatic nitrogens is 1. The van der Waals surface area contributed by atoms with Crippen molar-refractivity contribution in [2.24, 2.45) is 11.8 Å². The maximum absolute atomic E-state index is 13.0. The molecule has 0 spiro atoms. The van der Waals surface area contributed by atoms with Gasteiger partial charge in [-0.3, -0.25) is 9.78 Å². The highest BCUT2D eigenvalue weighted by molar-refractivity contribution is 9.10. The third-order valence-corrected chi connectivity index (χ3v) is 4.47. The SMILES string of the molecule is CC(C)CC(Cc1cccc(Br)c1)C(=O)N(C)Cc1ccccn1. The summed E-state index contributed by atoms with van der Waals surface area (Å²) in [5, 5.41) is 0. The lowest BCUT2D eigenvalue weighted by Gasteiger charge is -2.25. The number of benzene rings is 1. The molecule has 2 aromatic rings. The molecular formula is C20H25BrN2O. The van der Waals surface area contributed by atoms with Crippen molar-refractivity contribution in [1.29, 1.82) is 0 Å². The van der Waals surface area contributed by atoms with Gasteiger partial charge in [-0.1, -0.05) is 48.0 Å². The van der Waals surface area contributed by atoms with Gasteiger partial charge in [-0.15, -0.1) is 0 Å². The molecule has 0 fully saturated rings. The van der Waals surface area contributed by atoms with E-state index in [0.717, 1.165) is 23.0 Å². The number of nitrogens with zero attached hydrogens (tertiary/aromatic N) is 2. The van der Waals surface area contributed by atoms with Crippen LogP contribution >= 0.6 is 15.9 Å². The van der Waals surface area contributed by atoms with Crippen molar-refractivity contribution in [3.63, 3.8) is 0 Å². The summed E-state index contributed by atoms with van der Waals surface area (Å²) >= 11 is 3.51. The van der Waals surface area contributed by atoms with E-state index in [1.54, 1.807) is 11.1 Å². The molecule has 2 rings (SSSR count). The van der Waals surface area contributed by atoms with Crippen molar-refractivity contribution in [3.8, 4) is 0 Å². The number of hydrogen-bond acceptors (Lipinski definition) is 2. The fourth-order valence-electron chi connectivity index (χ4n) is 2.91. The fourth-order valence-corrected chi connectivity index (χ4v) is 3.36. The molecule has 0 radical (unpaired) electrons. The second-order valence-electron chi connectivity index (χ2n) is 6.68. The van der Waals surface area contributed by atoms with Gasteiger partial charge in [-0.25, -0.2) is 0 Å². The summed E-state index contributed by atoms with van der Waals surface area (Å²) < 4.78 is 1.05. The lowest BCUT2D eigenvalue weighted by molar-refractivity contribution is -0.135. The molecule has 1 atom stereocenters. The number of hydrogen-bond donors (Lipinski definition) is 0. The highest BCUT2D eigenvalue weighted by atomic mass is 79.9. The molecule has 0 saturated heterocycles. The topological polar surface area (TPSA) is 33.2 Å². The van der Waals surface area contributed by atoms with Crippen LogP contribution in [0, 0.1) is 11.8 Å². The van der Waals surface area contributed by atoms with E-state index in [9.17, 15) is 4.79 Å². The summed E-state index contributed by atoms with van der Waals surface area (Å²) in [5.74, 6) is 0.664. The minimum atomic E-state index is -0.00647. The molecule has 0 bridgehead atoms. The first-order chi connectivity index (χ1) is 11.5. The van der Waals surface area contributed by atoms with Crippen LogP contribution in [0.5, 0.6) is 0 Å². The predicted octanol–water partition coefficient (Wildman–Crippen LogP) is 4.71.